The van der Waals surface area contributed by atoms with E-state index in [0.717, 1.165) is 6.08 Å². The zero-order valence-electron chi connectivity index (χ0n) is 19.5. The van der Waals surface area contributed by atoms with Crippen LogP contribution in [0, 0.1) is 40.4 Å². The van der Waals surface area contributed by atoms with E-state index in [4.69, 9.17) is 4.74 Å². The van der Waals surface area contributed by atoms with Crippen molar-refractivity contribution in [3.05, 3.63) is 11.6 Å². The molecule has 7 heteroatoms. The van der Waals surface area contributed by atoms with E-state index in [0.29, 0.717) is 19.3 Å². The second kappa shape index (κ2) is 7.18. The molecule has 32 heavy (non-hydrogen) atoms. The van der Waals surface area contributed by atoms with Gasteiger partial charge < -0.3 is 9.84 Å². The summed E-state index contributed by atoms with van der Waals surface area (Å²) in [5.41, 5.74) is -1.91. The average Bonchev–Trinajstić information content (AvgIpc) is 2.89. The Bertz CT molecular complexity index is 897. The Morgan fingerprint density at radius 2 is 1.88 bits per heavy atom. The first kappa shape index (κ1) is 23.5. The van der Waals surface area contributed by atoms with Crippen LogP contribution in [0.25, 0.3) is 0 Å². The number of aliphatic hydroxyl groups is 1. The van der Waals surface area contributed by atoms with Crippen LogP contribution >= 0.6 is 0 Å². The van der Waals surface area contributed by atoms with E-state index in [9.17, 15) is 19.5 Å². The van der Waals surface area contributed by atoms with Gasteiger partial charge in [-0.05, 0) is 61.9 Å². The molecule has 3 fully saturated rings. The van der Waals surface area contributed by atoms with Gasteiger partial charge in [-0.2, -0.15) is 0 Å². The maximum atomic E-state index is 15.5. The third kappa shape index (κ3) is 2.99. The highest BCUT2D eigenvalue weighted by molar-refractivity contribution is 6.08. The lowest BCUT2D eigenvalue weighted by Gasteiger charge is -2.60. The first-order valence-corrected chi connectivity index (χ1v) is 11.8. The number of alkyl halides is 2. The Balaban J connectivity index is 1.76. The minimum Gasteiger partial charge on any atom is -0.432 e. The summed E-state index contributed by atoms with van der Waals surface area (Å²) < 4.78 is 36.7. The molecule has 8 atom stereocenters. The van der Waals surface area contributed by atoms with Crippen molar-refractivity contribution in [3.8, 4) is 0 Å². The molecule has 4 aliphatic rings. The van der Waals surface area contributed by atoms with Crippen LogP contribution < -0.4 is 0 Å². The van der Waals surface area contributed by atoms with Crippen LogP contribution in [-0.2, 0) is 19.1 Å². The third-order valence-corrected chi connectivity index (χ3v) is 9.55. The van der Waals surface area contributed by atoms with E-state index < -0.39 is 46.1 Å². The van der Waals surface area contributed by atoms with E-state index in [-0.39, 0.29) is 48.4 Å². The lowest BCUT2D eigenvalue weighted by molar-refractivity contribution is -0.281. The fourth-order valence-electron chi connectivity index (χ4n) is 7.80. The van der Waals surface area contributed by atoms with Crippen LogP contribution in [0.5, 0.6) is 0 Å². The predicted octanol–water partition coefficient (Wildman–Crippen LogP) is 4.47. The van der Waals surface area contributed by atoms with E-state index in [2.05, 4.69) is 0 Å². The van der Waals surface area contributed by atoms with Gasteiger partial charge in [0.1, 0.15) is 5.78 Å². The van der Waals surface area contributed by atoms with E-state index in [1.165, 1.54) is 6.92 Å². The first-order valence-electron chi connectivity index (χ1n) is 11.8. The first-order chi connectivity index (χ1) is 14.7. The Morgan fingerprint density at radius 1 is 1.22 bits per heavy atom. The molecule has 0 amide bonds. The lowest BCUT2D eigenvalue weighted by Crippen LogP contribution is -2.60. The molecule has 5 nitrogen and oxygen atoms in total. The van der Waals surface area contributed by atoms with Gasteiger partial charge in [0.2, 0.25) is 5.79 Å². The van der Waals surface area contributed by atoms with Crippen molar-refractivity contribution in [1.82, 2.24) is 0 Å². The summed E-state index contributed by atoms with van der Waals surface area (Å²) in [4.78, 5) is 36.7. The van der Waals surface area contributed by atoms with E-state index >= 15 is 8.78 Å². The van der Waals surface area contributed by atoms with Crippen molar-refractivity contribution < 1.29 is 33.0 Å². The summed E-state index contributed by atoms with van der Waals surface area (Å²) in [6, 6.07) is 0. The van der Waals surface area contributed by atoms with Gasteiger partial charge in [-0.15, -0.1) is 0 Å². The predicted molar refractivity (Wildman–Crippen MR) is 112 cm³/mol. The molecule has 0 heterocycles. The number of carbonyl (C=O) groups is 3. The van der Waals surface area contributed by atoms with Crippen LogP contribution in [0.15, 0.2) is 11.6 Å². The number of ketones is 2. The fraction of sp³-hybridized carbons (Fsp3) is 0.800. The number of hydrogen-bond acceptors (Lipinski definition) is 5. The Kier molecular flexibility index (Phi) is 5.28. The molecule has 0 aliphatic heterocycles. The molecule has 0 aromatic carbocycles. The highest BCUT2D eigenvalue weighted by atomic mass is 19.3. The zero-order chi connectivity index (χ0) is 23.9. The fourth-order valence-corrected chi connectivity index (χ4v) is 7.80. The summed E-state index contributed by atoms with van der Waals surface area (Å²) in [7, 11) is 0. The molecule has 4 aliphatic carbocycles. The lowest BCUT2D eigenvalue weighted by atomic mass is 9.45. The van der Waals surface area contributed by atoms with E-state index in [1.54, 1.807) is 13.8 Å². The van der Waals surface area contributed by atoms with Gasteiger partial charge >= 0.3 is 5.97 Å². The van der Waals surface area contributed by atoms with Gasteiger partial charge in [0, 0.05) is 29.7 Å². The molecule has 178 valence electrons. The number of allylic oxidation sites excluding steroid dienone is 1. The van der Waals surface area contributed by atoms with Gasteiger partial charge in [0.25, 0.3) is 5.92 Å². The van der Waals surface area contributed by atoms with Gasteiger partial charge in [0.05, 0.1) is 5.92 Å². The summed E-state index contributed by atoms with van der Waals surface area (Å²) in [6.07, 6.45) is 2.50. The maximum absolute atomic E-state index is 15.5. The molecule has 3 unspecified atom stereocenters. The number of ether oxygens (including phenoxy) is 1. The molecular weight excluding hydrogens is 418 g/mol. The number of rotatable bonds is 3. The summed E-state index contributed by atoms with van der Waals surface area (Å²) in [5, 5.41) is 11.6. The third-order valence-electron chi connectivity index (χ3n) is 9.55. The van der Waals surface area contributed by atoms with Crippen molar-refractivity contribution in [1.29, 1.82) is 0 Å². The number of fused-ring (bicyclic) bond motifs is 5. The van der Waals surface area contributed by atoms with Gasteiger partial charge in [-0.25, -0.2) is 8.78 Å². The highest BCUT2D eigenvalue weighted by Gasteiger charge is 2.71. The molecule has 1 N–H and O–H groups in total. The van der Waals surface area contributed by atoms with Crippen molar-refractivity contribution in [2.24, 2.45) is 40.4 Å². The molecule has 4 rings (SSSR count). The van der Waals surface area contributed by atoms with Crippen LogP contribution in [-0.4, -0.2) is 34.4 Å². The molecule has 0 bridgehead atoms. The van der Waals surface area contributed by atoms with Crippen molar-refractivity contribution in [2.45, 2.75) is 84.9 Å². The second-order valence-corrected chi connectivity index (χ2v) is 11.1. The Hall–Kier alpha value is -1.63. The number of esters is 1. The standard InChI is InChI=1S/C25H34F2O5/c1-6-21(30)32-25(31)13(2)9-18-16-12-24(26,27)20-10-19(29)15(14(3)28)11-22(20,4)17(16)7-8-23(18,25)5/h10,13,15-18,31H,6-9,11-12H2,1-5H3/t13?,15?,16-,17-,18+,22-,23+,25?/m1/s1. The topological polar surface area (TPSA) is 80.7 Å². The number of Topliss-reactive ketones (excluding diaryl/α,β-unsaturated/α-hetero) is 1. The molecule has 0 aromatic rings. The molecule has 0 saturated heterocycles. The molecular formula is C25H34F2O5. The van der Waals surface area contributed by atoms with Crippen molar-refractivity contribution in [3.63, 3.8) is 0 Å². The summed E-state index contributed by atoms with van der Waals surface area (Å²) >= 11 is 0. The summed E-state index contributed by atoms with van der Waals surface area (Å²) in [5.74, 6) is -8.16. The Morgan fingerprint density at radius 3 is 2.47 bits per heavy atom. The summed E-state index contributed by atoms with van der Waals surface area (Å²) in [6.45, 7) is 8.49. The van der Waals surface area contributed by atoms with Gasteiger partial charge in [-0.1, -0.05) is 27.7 Å². The van der Waals surface area contributed by atoms with Crippen molar-refractivity contribution >= 4 is 17.5 Å². The van der Waals surface area contributed by atoms with Crippen LogP contribution in [0.2, 0.25) is 0 Å². The minimum absolute atomic E-state index is 0.109. The minimum atomic E-state index is -3.16. The van der Waals surface area contributed by atoms with Crippen LogP contribution in [0.3, 0.4) is 0 Å². The van der Waals surface area contributed by atoms with E-state index in [1.807, 2.05) is 13.8 Å². The molecule has 0 aromatic heterocycles. The van der Waals surface area contributed by atoms with Crippen LogP contribution in [0.4, 0.5) is 8.78 Å². The SMILES string of the molecule is CCC(=O)OC1(O)C(C)C[C@H]2[C@@H]3CC(F)(F)C4=CC(=O)C(C(C)=O)C[C@]4(C)[C@@H]3CC[C@@]21C. The highest BCUT2D eigenvalue weighted by Crippen LogP contribution is 2.71. The largest absolute Gasteiger partial charge is 0.432 e. The normalized spacial score (nSPS) is 47.1. The molecule has 3 saturated carbocycles. The Labute approximate surface area is 188 Å². The van der Waals surface area contributed by atoms with Gasteiger partial charge in [-0.3, -0.25) is 14.4 Å². The van der Waals surface area contributed by atoms with Gasteiger partial charge in [0.15, 0.2) is 5.78 Å². The number of halogens is 2. The number of carbonyl (C=O) groups excluding carboxylic acids is 3. The zero-order valence-corrected chi connectivity index (χ0v) is 19.5. The average molecular weight is 453 g/mol. The maximum Gasteiger partial charge on any atom is 0.308 e. The molecule has 0 spiro atoms. The quantitative estimate of drug-likeness (QED) is 0.388. The van der Waals surface area contributed by atoms with Crippen molar-refractivity contribution in [2.75, 3.05) is 0 Å². The monoisotopic (exact) mass is 452 g/mol. The van der Waals surface area contributed by atoms with Crippen LogP contribution in [0.1, 0.15) is 73.1 Å². The number of hydrogen-bond donors (Lipinski definition) is 1. The smallest absolute Gasteiger partial charge is 0.308 e. The molecule has 0 radical (unpaired) electrons. The second-order valence-electron chi connectivity index (χ2n) is 11.1.